The number of para-hydroxylation sites is 1. The first-order valence-electron chi connectivity index (χ1n) is 9.14. The van der Waals surface area contributed by atoms with Crippen molar-refractivity contribution in [2.24, 2.45) is 0 Å². The molecule has 0 unspecified atom stereocenters. The van der Waals surface area contributed by atoms with Gasteiger partial charge in [0.15, 0.2) is 0 Å². The Balaban J connectivity index is 1.54. The summed E-state index contributed by atoms with van der Waals surface area (Å²) in [7, 11) is 0. The summed E-state index contributed by atoms with van der Waals surface area (Å²) in [5.41, 5.74) is 2.41. The van der Waals surface area contributed by atoms with E-state index in [9.17, 15) is 14.9 Å². The quantitative estimate of drug-likeness (QED) is 0.480. The Morgan fingerprint density at radius 2 is 2.07 bits per heavy atom. The number of non-ortho nitro benzene ring substituents is 1. The van der Waals surface area contributed by atoms with E-state index in [1.165, 1.54) is 23.8 Å². The van der Waals surface area contributed by atoms with Crippen LogP contribution in [0.4, 0.5) is 11.4 Å². The minimum Gasteiger partial charge on any atom is -0.467 e. The van der Waals surface area contributed by atoms with Crippen molar-refractivity contribution in [3.05, 3.63) is 92.9 Å². The maximum absolute atomic E-state index is 12.7. The van der Waals surface area contributed by atoms with Crippen molar-refractivity contribution in [3.8, 4) is 0 Å². The molecule has 29 heavy (non-hydrogen) atoms. The lowest BCUT2D eigenvalue weighted by Crippen LogP contribution is -2.37. The van der Waals surface area contributed by atoms with Gasteiger partial charge in [-0.1, -0.05) is 29.8 Å². The lowest BCUT2D eigenvalue weighted by Gasteiger charge is -2.29. The number of rotatable bonds is 6. The van der Waals surface area contributed by atoms with Crippen LogP contribution in [0.5, 0.6) is 0 Å². The van der Waals surface area contributed by atoms with Gasteiger partial charge < -0.3 is 14.6 Å². The molecule has 1 aliphatic heterocycles. The highest BCUT2D eigenvalue weighted by Gasteiger charge is 2.29. The Hall–Kier alpha value is -3.32. The lowest BCUT2D eigenvalue weighted by atomic mass is 10.1. The van der Waals surface area contributed by atoms with Crippen LogP contribution in [0.2, 0.25) is 5.02 Å². The third-order valence-electron chi connectivity index (χ3n) is 5.04. The first-order chi connectivity index (χ1) is 14.0. The largest absolute Gasteiger partial charge is 0.467 e. The van der Waals surface area contributed by atoms with Crippen LogP contribution >= 0.6 is 11.6 Å². The van der Waals surface area contributed by atoms with Crippen LogP contribution in [0.3, 0.4) is 0 Å². The summed E-state index contributed by atoms with van der Waals surface area (Å²) in [6.45, 7) is 1.12. The zero-order valence-electron chi connectivity index (χ0n) is 15.4. The van der Waals surface area contributed by atoms with Crippen LogP contribution in [-0.2, 0) is 6.42 Å². The molecule has 148 valence electrons. The van der Waals surface area contributed by atoms with Gasteiger partial charge in [0.1, 0.15) is 11.8 Å². The third-order valence-corrected chi connectivity index (χ3v) is 5.35. The van der Waals surface area contributed by atoms with Crippen LogP contribution in [0, 0.1) is 10.1 Å². The minimum atomic E-state index is -0.550. The zero-order valence-corrected chi connectivity index (χ0v) is 16.1. The molecule has 1 aliphatic rings. The molecule has 1 aromatic heterocycles. The second kappa shape index (κ2) is 7.97. The molecule has 3 aromatic rings. The van der Waals surface area contributed by atoms with Crippen molar-refractivity contribution in [1.29, 1.82) is 0 Å². The highest BCUT2D eigenvalue weighted by molar-refractivity contribution is 6.34. The van der Waals surface area contributed by atoms with Crippen molar-refractivity contribution in [3.63, 3.8) is 0 Å². The number of furan rings is 1. The van der Waals surface area contributed by atoms with E-state index >= 15 is 0 Å². The van der Waals surface area contributed by atoms with Gasteiger partial charge in [-0.25, -0.2) is 0 Å². The number of carbonyl (C=O) groups is 1. The Labute approximate surface area is 172 Å². The van der Waals surface area contributed by atoms with Crippen LogP contribution in [-0.4, -0.2) is 23.9 Å². The van der Waals surface area contributed by atoms with Crippen LogP contribution < -0.4 is 10.2 Å². The van der Waals surface area contributed by atoms with Crippen molar-refractivity contribution >= 4 is 28.9 Å². The summed E-state index contributed by atoms with van der Waals surface area (Å²) < 4.78 is 5.63. The molecule has 2 aromatic carbocycles. The lowest BCUT2D eigenvalue weighted by molar-refractivity contribution is -0.384. The number of nitro benzene ring substituents is 1. The number of nitrogens with zero attached hydrogens (tertiary/aromatic N) is 2. The highest BCUT2D eigenvalue weighted by Crippen LogP contribution is 2.35. The van der Waals surface area contributed by atoms with E-state index in [0.717, 1.165) is 24.4 Å². The van der Waals surface area contributed by atoms with Gasteiger partial charge in [-0.2, -0.15) is 0 Å². The predicted molar refractivity (Wildman–Crippen MR) is 109 cm³/mol. The predicted octanol–water partition coefficient (Wildman–Crippen LogP) is 4.38. The monoisotopic (exact) mass is 411 g/mol. The molecule has 8 heteroatoms. The fraction of sp³-hybridized carbons (Fsp3) is 0.190. The number of fused-ring (bicyclic) bond motifs is 1. The summed E-state index contributed by atoms with van der Waals surface area (Å²) in [6, 6.07) is 15.5. The van der Waals surface area contributed by atoms with E-state index in [0.29, 0.717) is 6.54 Å². The fourth-order valence-electron chi connectivity index (χ4n) is 3.62. The molecule has 0 saturated carbocycles. The van der Waals surface area contributed by atoms with Gasteiger partial charge in [0.2, 0.25) is 0 Å². The van der Waals surface area contributed by atoms with Crippen molar-refractivity contribution < 1.29 is 14.1 Å². The summed E-state index contributed by atoms with van der Waals surface area (Å²) in [6.07, 6.45) is 2.54. The van der Waals surface area contributed by atoms with Gasteiger partial charge in [0.05, 0.1) is 21.8 Å². The Bertz CT molecular complexity index is 1050. The van der Waals surface area contributed by atoms with Gasteiger partial charge in [0.25, 0.3) is 11.6 Å². The smallest absolute Gasteiger partial charge is 0.270 e. The molecule has 0 saturated heterocycles. The first kappa shape index (κ1) is 19.0. The second-order valence-corrected chi connectivity index (χ2v) is 7.14. The molecule has 4 rings (SSSR count). The van der Waals surface area contributed by atoms with E-state index < -0.39 is 10.8 Å². The average Bonchev–Trinajstić information content (AvgIpc) is 3.39. The normalized spacial score (nSPS) is 13.8. The number of nitrogens with one attached hydrogen (secondary N) is 1. The molecule has 0 fully saturated rings. The Kier molecular flexibility index (Phi) is 5.22. The van der Waals surface area contributed by atoms with E-state index in [1.54, 1.807) is 6.26 Å². The van der Waals surface area contributed by atoms with Gasteiger partial charge in [0, 0.05) is 30.9 Å². The van der Waals surface area contributed by atoms with Gasteiger partial charge >= 0.3 is 0 Å². The number of hydrogen-bond acceptors (Lipinski definition) is 5. The second-order valence-electron chi connectivity index (χ2n) is 6.73. The highest BCUT2D eigenvalue weighted by atomic mass is 35.5. The number of anilines is 1. The summed E-state index contributed by atoms with van der Waals surface area (Å²) >= 11 is 6.08. The van der Waals surface area contributed by atoms with E-state index in [1.807, 2.05) is 24.3 Å². The van der Waals surface area contributed by atoms with E-state index in [4.69, 9.17) is 16.0 Å². The van der Waals surface area contributed by atoms with Crippen molar-refractivity contribution in [2.75, 3.05) is 18.0 Å². The Morgan fingerprint density at radius 3 is 2.79 bits per heavy atom. The van der Waals surface area contributed by atoms with Gasteiger partial charge in [-0.15, -0.1) is 0 Å². The molecule has 7 nitrogen and oxygen atoms in total. The first-order valence-corrected chi connectivity index (χ1v) is 9.52. The van der Waals surface area contributed by atoms with E-state index in [2.05, 4.69) is 22.3 Å². The maximum atomic E-state index is 12.7. The zero-order chi connectivity index (χ0) is 20.4. The minimum absolute atomic E-state index is 0.0396. The SMILES string of the molecule is O=C(NC[C@H](c1ccco1)N1CCc2ccccc21)c1ccc([N+](=O)[O-])cc1Cl. The van der Waals surface area contributed by atoms with Crippen molar-refractivity contribution in [1.82, 2.24) is 5.32 Å². The average molecular weight is 412 g/mol. The molecule has 1 N–H and O–H groups in total. The van der Waals surface area contributed by atoms with Crippen LogP contribution in [0.1, 0.15) is 27.7 Å². The molecular formula is C21H18ClN3O4. The molecule has 0 aliphatic carbocycles. The number of benzene rings is 2. The molecule has 1 atom stereocenters. The van der Waals surface area contributed by atoms with Crippen LogP contribution in [0.15, 0.2) is 65.3 Å². The van der Waals surface area contributed by atoms with Gasteiger partial charge in [-0.3, -0.25) is 14.9 Å². The van der Waals surface area contributed by atoms with Gasteiger partial charge in [-0.05, 0) is 36.2 Å². The number of nitro groups is 1. The molecular weight excluding hydrogens is 394 g/mol. The molecule has 0 radical (unpaired) electrons. The standard InChI is InChI=1S/C21H18ClN3O4/c22-17-12-15(25(27)28)7-8-16(17)21(26)23-13-19(20-6-3-11-29-20)24-10-9-14-4-1-2-5-18(14)24/h1-8,11-12,19H,9-10,13H2,(H,23,26)/t19-/m1/s1. The molecule has 0 bridgehead atoms. The molecule has 2 heterocycles. The Morgan fingerprint density at radius 1 is 1.24 bits per heavy atom. The summed E-state index contributed by atoms with van der Waals surface area (Å²) in [5.74, 6) is 0.353. The van der Waals surface area contributed by atoms with Crippen LogP contribution in [0.25, 0.3) is 0 Å². The third kappa shape index (κ3) is 3.82. The number of amides is 1. The van der Waals surface area contributed by atoms with E-state index in [-0.39, 0.29) is 22.3 Å². The topological polar surface area (TPSA) is 88.6 Å². The molecule has 1 amide bonds. The molecule has 0 spiro atoms. The summed E-state index contributed by atoms with van der Waals surface area (Å²) in [5, 5.41) is 13.8. The fourth-order valence-corrected chi connectivity index (χ4v) is 3.88. The maximum Gasteiger partial charge on any atom is 0.270 e. The summed E-state index contributed by atoms with van der Waals surface area (Å²) in [4.78, 5) is 25.2. The number of halogens is 1. The number of hydrogen-bond donors (Lipinski definition) is 1. The van der Waals surface area contributed by atoms with Crippen molar-refractivity contribution in [2.45, 2.75) is 12.5 Å². The number of carbonyl (C=O) groups excluding carboxylic acids is 1.